The second kappa shape index (κ2) is 9.70. The highest BCUT2D eigenvalue weighted by molar-refractivity contribution is 6.33. The van der Waals surface area contributed by atoms with E-state index in [0.29, 0.717) is 49.1 Å². The van der Waals surface area contributed by atoms with Gasteiger partial charge in [0.2, 0.25) is 0 Å². The summed E-state index contributed by atoms with van der Waals surface area (Å²) >= 11 is 6.24. The molecule has 0 spiro atoms. The van der Waals surface area contributed by atoms with Crippen molar-refractivity contribution in [3.63, 3.8) is 0 Å². The summed E-state index contributed by atoms with van der Waals surface area (Å²) in [5.74, 6) is 0.678. The molecule has 1 aliphatic rings. The van der Waals surface area contributed by atoms with Crippen LogP contribution in [0.25, 0.3) is 0 Å². The highest BCUT2D eigenvalue weighted by atomic mass is 35.5. The number of nitro groups is 1. The number of hydrogen-bond donors (Lipinski definition) is 0. The van der Waals surface area contributed by atoms with Crippen molar-refractivity contribution in [3.8, 4) is 5.75 Å². The van der Waals surface area contributed by atoms with Crippen molar-refractivity contribution in [1.82, 2.24) is 4.90 Å². The average Bonchev–Trinajstić information content (AvgIpc) is 2.83. The quantitative estimate of drug-likeness (QED) is 0.398. The Hall–Kier alpha value is -3.58. The van der Waals surface area contributed by atoms with Crippen LogP contribution in [-0.2, 0) is 6.61 Å². The third-order valence-electron chi connectivity index (χ3n) is 5.40. The number of anilines is 1. The molecule has 1 aliphatic heterocycles. The first-order chi connectivity index (χ1) is 15.5. The normalized spacial score (nSPS) is 13.7. The lowest BCUT2D eigenvalue weighted by molar-refractivity contribution is -0.384. The van der Waals surface area contributed by atoms with Crippen LogP contribution in [0.5, 0.6) is 5.75 Å². The summed E-state index contributed by atoms with van der Waals surface area (Å²) in [5.41, 5.74) is 2.39. The molecule has 0 N–H and O–H groups in total. The van der Waals surface area contributed by atoms with Gasteiger partial charge in [0, 0.05) is 43.9 Å². The van der Waals surface area contributed by atoms with E-state index in [1.54, 1.807) is 23.1 Å². The number of non-ortho nitro benzene ring substituents is 1. The fourth-order valence-electron chi connectivity index (χ4n) is 3.63. The van der Waals surface area contributed by atoms with Crippen LogP contribution >= 0.6 is 11.6 Å². The van der Waals surface area contributed by atoms with E-state index in [1.807, 2.05) is 47.4 Å². The summed E-state index contributed by atoms with van der Waals surface area (Å²) in [5, 5.41) is 11.2. The lowest BCUT2D eigenvalue weighted by Gasteiger charge is -2.36. The second-order valence-corrected chi connectivity index (χ2v) is 7.88. The molecule has 3 aromatic carbocycles. The van der Waals surface area contributed by atoms with Crippen LogP contribution < -0.4 is 9.64 Å². The van der Waals surface area contributed by atoms with Crippen LogP contribution in [0.3, 0.4) is 0 Å². The Balaban J connectivity index is 1.32. The van der Waals surface area contributed by atoms with Crippen LogP contribution in [0.1, 0.15) is 15.9 Å². The van der Waals surface area contributed by atoms with Gasteiger partial charge >= 0.3 is 0 Å². The van der Waals surface area contributed by atoms with E-state index in [2.05, 4.69) is 0 Å². The standard InChI is InChI=1S/C24H22ClN3O4/c25-22-16-20(28(30)31)8-11-23(22)26-12-14-27(15-13-26)24(29)19-6-9-21(10-7-19)32-17-18-4-2-1-3-5-18/h1-11,16H,12-15,17H2. The van der Waals surface area contributed by atoms with Gasteiger partial charge in [-0.25, -0.2) is 0 Å². The van der Waals surface area contributed by atoms with E-state index in [9.17, 15) is 14.9 Å². The van der Waals surface area contributed by atoms with E-state index in [-0.39, 0.29) is 11.6 Å². The van der Waals surface area contributed by atoms with Gasteiger partial charge in [-0.2, -0.15) is 0 Å². The molecule has 1 fully saturated rings. The minimum absolute atomic E-state index is 0.0333. The number of ether oxygens (including phenoxy) is 1. The molecule has 3 aromatic rings. The highest BCUT2D eigenvalue weighted by Gasteiger charge is 2.24. The number of piperazine rings is 1. The van der Waals surface area contributed by atoms with Gasteiger partial charge in [0.1, 0.15) is 12.4 Å². The first kappa shape index (κ1) is 21.6. The summed E-state index contributed by atoms with van der Waals surface area (Å²) < 4.78 is 5.78. The molecule has 0 atom stereocenters. The molecule has 0 unspecified atom stereocenters. The topological polar surface area (TPSA) is 75.9 Å². The Kier molecular flexibility index (Phi) is 6.56. The van der Waals surface area contributed by atoms with Gasteiger partial charge in [-0.05, 0) is 35.9 Å². The molecule has 0 aromatic heterocycles. The van der Waals surface area contributed by atoms with Gasteiger partial charge in [-0.3, -0.25) is 14.9 Å². The van der Waals surface area contributed by atoms with Gasteiger partial charge in [0.05, 0.1) is 15.6 Å². The molecule has 4 rings (SSSR count). The number of nitrogens with zero attached hydrogens (tertiary/aromatic N) is 3. The molecule has 0 saturated carbocycles. The molecular formula is C24H22ClN3O4. The zero-order chi connectivity index (χ0) is 22.5. The van der Waals surface area contributed by atoms with Crippen LogP contribution in [-0.4, -0.2) is 41.9 Å². The number of rotatable bonds is 6. The third-order valence-corrected chi connectivity index (χ3v) is 5.70. The van der Waals surface area contributed by atoms with Gasteiger partial charge in [0.15, 0.2) is 0 Å². The highest BCUT2D eigenvalue weighted by Crippen LogP contribution is 2.30. The molecule has 0 aliphatic carbocycles. The zero-order valence-corrected chi connectivity index (χ0v) is 18.1. The summed E-state index contributed by atoms with van der Waals surface area (Å²) in [4.78, 5) is 27.2. The summed E-state index contributed by atoms with van der Waals surface area (Å²) in [7, 11) is 0. The van der Waals surface area contributed by atoms with E-state index in [1.165, 1.54) is 12.1 Å². The van der Waals surface area contributed by atoms with Gasteiger partial charge in [-0.15, -0.1) is 0 Å². The monoisotopic (exact) mass is 451 g/mol. The summed E-state index contributed by atoms with van der Waals surface area (Å²) in [6.45, 7) is 2.75. The van der Waals surface area contributed by atoms with Crippen molar-refractivity contribution in [3.05, 3.63) is 99.1 Å². The van der Waals surface area contributed by atoms with E-state index >= 15 is 0 Å². The smallest absolute Gasteiger partial charge is 0.271 e. The molecule has 32 heavy (non-hydrogen) atoms. The van der Waals surface area contributed by atoms with Gasteiger partial charge in [-0.1, -0.05) is 41.9 Å². The number of halogens is 1. The van der Waals surface area contributed by atoms with Crippen molar-refractivity contribution >= 4 is 28.9 Å². The fourth-order valence-corrected chi connectivity index (χ4v) is 3.93. The van der Waals surface area contributed by atoms with Crippen LogP contribution in [0.15, 0.2) is 72.8 Å². The van der Waals surface area contributed by atoms with Crippen molar-refractivity contribution in [2.45, 2.75) is 6.61 Å². The Morgan fingerprint density at radius 1 is 0.969 bits per heavy atom. The molecular weight excluding hydrogens is 430 g/mol. The molecule has 164 valence electrons. The number of carbonyl (C=O) groups excluding carboxylic acids is 1. The average molecular weight is 452 g/mol. The molecule has 1 heterocycles. The Bertz CT molecular complexity index is 1100. The Morgan fingerprint density at radius 2 is 1.66 bits per heavy atom. The number of carbonyl (C=O) groups is 1. The van der Waals surface area contributed by atoms with Crippen molar-refractivity contribution in [2.24, 2.45) is 0 Å². The SMILES string of the molecule is O=C(c1ccc(OCc2ccccc2)cc1)N1CCN(c2ccc([N+](=O)[O-])cc2Cl)CC1. The largest absolute Gasteiger partial charge is 0.489 e. The van der Waals surface area contributed by atoms with E-state index < -0.39 is 4.92 Å². The minimum atomic E-state index is -0.468. The molecule has 7 nitrogen and oxygen atoms in total. The van der Waals surface area contributed by atoms with Gasteiger partial charge in [0.25, 0.3) is 11.6 Å². The Labute approximate surface area is 190 Å². The maximum Gasteiger partial charge on any atom is 0.271 e. The fraction of sp³-hybridized carbons (Fsp3) is 0.208. The van der Waals surface area contributed by atoms with Crippen LogP contribution in [0.2, 0.25) is 5.02 Å². The van der Waals surface area contributed by atoms with Crippen molar-refractivity contribution in [2.75, 3.05) is 31.1 Å². The predicted molar refractivity (Wildman–Crippen MR) is 123 cm³/mol. The third kappa shape index (κ3) is 5.00. The van der Waals surface area contributed by atoms with E-state index in [0.717, 1.165) is 11.3 Å². The van der Waals surface area contributed by atoms with Crippen molar-refractivity contribution < 1.29 is 14.5 Å². The maximum absolute atomic E-state index is 12.9. The van der Waals surface area contributed by atoms with Crippen LogP contribution in [0.4, 0.5) is 11.4 Å². The number of amides is 1. The lowest BCUT2D eigenvalue weighted by atomic mass is 10.1. The first-order valence-corrected chi connectivity index (χ1v) is 10.6. The van der Waals surface area contributed by atoms with Gasteiger partial charge < -0.3 is 14.5 Å². The zero-order valence-electron chi connectivity index (χ0n) is 17.3. The summed E-state index contributed by atoms with van der Waals surface area (Å²) in [6, 6.07) is 21.5. The molecule has 1 saturated heterocycles. The maximum atomic E-state index is 12.9. The number of nitro benzene ring substituents is 1. The summed E-state index contributed by atoms with van der Waals surface area (Å²) in [6.07, 6.45) is 0. The Morgan fingerprint density at radius 3 is 2.28 bits per heavy atom. The van der Waals surface area contributed by atoms with Crippen LogP contribution in [0, 0.1) is 10.1 Å². The second-order valence-electron chi connectivity index (χ2n) is 7.47. The predicted octanol–water partition coefficient (Wildman–Crippen LogP) is 4.79. The number of hydrogen-bond acceptors (Lipinski definition) is 5. The minimum Gasteiger partial charge on any atom is -0.489 e. The van der Waals surface area contributed by atoms with E-state index in [4.69, 9.17) is 16.3 Å². The lowest BCUT2D eigenvalue weighted by Crippen LogP contribution is -2.48. The first-order valence-electron chi connectivity index (χ1n) is 10.3. The molecule has 0 bridgehead atoms. The number of benzene rings is 3. The molecule has 0 radical (unpaired) electrons. The van der Waals surface area contributed by atoms with Crippen molar-refractivity contribution in [1.29, 1.82) is 0 Å². The molecule has 1 amide bonds. The molecule has 8 heteroatoms.